The smallest absolute Gasteiger partial charge is 0.303 e. The maximum absolute atomic E-state index is 10.3. The van der Waals surface area contributed by atoms with Gasteiger partial charge in [-0.15, -0.1) is 0 Å². The van der Waals surface area contributed by atoms with Crippen LogP contribution in [0.3, 0.4) is 0 Å². The third kappa shape index (κ3) is 9.97. The zero-order valence-corrected chi connectivity index (χ0v) is 10.5. The molecule has 0 fully saturated rings. The molecule has 3 nitrogen and oxygen atoms in total. The van der Waals surface area contributed by atoms with Crippen LogP contribution in [0.1, 0.15) is 64.7 Å². The molecule has 0 aromatic heterocycles. The van der Waals surface area contributed by atoms with Crippen LogP contribution in [0.5, 0.6) is 0 Å². The Bertz CT molecular complexity index is 165. The molecule has 2 N–H and O–H groups in total. The average molecular weight is 230 g/mol. The van der Waals surface area contributed by atoms with Crippen molar-refractivity contribution in [2.24, 2.45) is 5.92 Å². The first-order chi connectivity index (χ1) is 7.70. The summed E-state index contributed by atoms with van der Waals surface area (Å²) in [7, 11) is 0. The van der Waals surface area contributed by atoms with Crippen molar-refractivity contribution < 1.29 is 15.0 Å². The predicted molar refractivity (Wildman–Crippen MR) is 65.4 cm³/mol. The summed E-state index contributed by atoms with van der Waals surface area (Å²) in [5.74, 6) is -0.208. The third-order valence-corrected chi connectivity index (χ3v) is 3.09. The number of unbranched alkanes of at least 4 members (excludes halogenated alkanes) is 5. The Balaban J connectivity index is 3.12. The van der Waals surface area contributed by atoms with Gasteiger partial charge in [0.25, 0.3) is 0 Å². The molecule has 0 bridgehead atoms. The number of hydrogen-bond acceptors (Lipinski definition) is 2. The van der Waals surface area contributed by atoms with Crippen LogP contribution in [0.4, 0.5) is 0 Å². The fraction of sp³-hybridized carbons (Fsp3) is 0.923. The van der Waals surface area contributed by atoms with Crippen LogP contribution in [0.15, 0.2) is 0 Å². The number of carboxylic acid groups (broad SMARTS) is 1. The Labute approximate surface area is 98.9 Å². The summed E-state index contributed by atoms with van der Waals surface area (Å²) < 4.78 is 0. The molecule has 0 aromatic carbocycles. The van der Waals surface area contributed by atoms with E-state index in [1.54, 1.807) is 0 Å². The van der Waals surface area contributed by atoms with Crippen LogP contribution in [-0.2, 0) is 4.79 Å². The minimum absolute atomic E-state index is 0.308. The van der Waals surface area contributed by atoms with Gasteiger partial charge in [-0.2, -0.15) is 0 Å². The van der Waals surface area contributed by atoms with Gasteiger partial charge in [0.15, 0.2) is 0 Å². The van der Waals surface area contributed by atoms with Gasteiger partial charge in [-0.25, -0.2) is 0 Å². The third-order valence-electron chi connectivity index (χ3n) is 3.09. The van der Waals surface area contributed by atoms with Crippen LogP contribution >= 0.6 is 0 Å². The average Bonchev–Trinajstić information content (AvgIpc) is 2.27. The van der Waals surface area contributed by atoms with E-state index in [1.165, 1.54) is 19.3 Å². The first kappa shape index (κ1) is 15.4. The van der Waals surface area contributed by atoms with Gasteiger partial charge in [0.2, 0.25) is 0 Å². The molecule has 0 aliphatic rings. The van der Waals surface area contributed by atoms with Crippen molar-refractivity contribution in [1.82, 2.24) is 0 Å². The second kappa shape index (κ2) is 10.9. The van der Waals surface area contributed by atoms with Crippen molar-refractivity contribution in [3.05, 3.63) is 0 Å². The van der Waals surface area contributed by atoms with Crippen molar-refractivity contribution in [1.29, 1.82) is 0 Å². The zero-order chi connectivity index (χ0) is 12.2. The highest BCUT2D eigenvalue weighted by Crippen LogP contribution is 2.14. The summed E-state index contributed by atoms with van der Waals surface area (Å²) >= 11 is 0. The van der Waals surface area contributed by atoms with Crippen molar-refractivity contribution in [2.45, 2.75) is 64.7 Å². The van der Waals surface area contributed by atoms with E-state index in [4.69, 9.17) is 10.2 Å². The second-order valence-electron chi connectivity index (χ2n) is 4.51. The fourth-order valence-corrected chi connectivity index (χ4v) is 1.84. The largest absolute Gasteiger partial charge is 0.481 e. The molecule has 1 unspecified atom stereocenters. The molecular weight excluding hydrogens is 204 g/mol. The van der Waals surface area contributed by atoms with Gasteiger partial charge >= 0.3 is 5.97 Å². The van der Waals surface area contributed by atoms with Crippen LogP contribution in [0, 0.1) is 5.92 Å². The molecule has 96 valence electrons. The highest BCUT2D eigenvalue weighted by Gasteiger charge is 2.03. The van der Waals surface area contributed by atoms with Crippen LogP contribution in [0.25, 0.3) is 0 Å². The van der Waals surface area contributed by atoms with Crippen LogP contribution in [-0.4, -0.2) is 22.8 Å². The summed E-state index contributed by atoms with van der Waals surface area (Å²) in [6.07, 6.45) is 9.08. The number of carbonyl (C=O) groups is 1. The lowest BCUT2D eigenvalue weighted by Gasteiger charge is -2.10. The molecule has 0 aliphatic carbocycles. The minimum Gasteiger partial charge on any atom is -0.481 e. The molecule has 0 spiro atoms. The lowest BCUT2D eigenvalue weighted by atomic mass is 9.99. The van der Waals surface area contributed by atoms with E-state index in [2.05, 4.69) is 6.92 Å². The van der Waals surface area contributed by atoms with Gasteiger partial charge in [-0.1, -0.05) is 45.4 Å². The molecule has 3 heteroatoms. The Hall–Kier alpha value is -0.570. The van der Waals surface area contributed by atoms with E-state index in [0.29, 0.717) is 18.9 Å². The van der Waals surface area contributed by atoms with Crippen molar-refractivity contribution >= 4 is 5.97 Å². The van der Waals surface area contributed by atoms with Gasteiger partial charge < -0.3 is 10.2 Å². The van der Waals surface area contributed by atoms with Crippen LogP contribution < -0.4 is 0 Å². The molecule has 0 saturated carbocycles. The topological polar surface area (TPSA) is 57.5 Å². The predicted octanol–water partition coefficient (Wildman–Crippen LogP) is 3.21. The maximum Gasteiger partial charge on any atom is 0.303 e. The molecule has 0 rings (SSSR count). The van der Waals surface area contributed by atoms with E-state index in [1.807, 2.05) is 0 Å². The van der Waals surface area contributed by atoms with Gasteiger partial charge in [-0.05, 0) is 18.8 Å². The number of aliphatic hydroxyl groups excluding tert-OH is 1. The zero-order valence-electron chi connectivity index (χ0n) is 10.5. The normalized spacial score (nSPS) is 12.6. The molecular formula is C13H26O3. The molecule has 0 aromatic rings. The maximum atomic E-state index is 10.3. The SMILES string of the molecule is CCC(CO)CCCCCCCCC(=O)O. The van der Waals surface area contributed by atoms with E-state index < -0.39 is 5.97 Å². The van der Waals surface area contributed by atoms with Crippen molar-refractivity contribution in [3.63, 3.8) is 0 Å². The summed E-state index contributed by atoms with van der Waals surface area (Å²) in [4.78, 5) is 10.3. The standard InChI is InChI=1S/C13H26O3/c1-2-12(11-14)9-7-5-3-4-6-8-10-13(15)16/h12,14H,2-11H2,1H3,(H,15,16). The van der Waals surface area contributed by atoms with Gasteiger partial charge in [-0.3, -0.25) is 4.79 Å². The quantitative estimate of drug-likeness (QED) is 0.536. The Morgan fingerprint density at radius 3 is 2.12 bits per heavy atom. The highest BCUT2D eigenvalue weighted by molar-refractivity contribution is 5.66. The number of aliphatic carboxylic acids is 1. The van der Waals surface area contributed by atoms with E-state index >= 15 is 0 Å². The summed E-state index contributed by atoms with van der Waals surface area (Å²) in [6.45, 7) is 2.43. The van der Waals surface area contributed by atoms with E-state index in [0.717, 1.165) is 32.1 Å². The van der Waals surface area contributed by atoms with Gasteiger partial charge in [0.1, 0.15) is 0 Å². The Kier molecular flexibility index (Phi) is 10.5. The van der Waals surface area contributed by atoms with Crippen molar-refractivity contribution in [2.75, 3.05) is 6.61 Å². The van der Waals surface area contributed by atoms with Gasteiger partial charge in [0, 0.05) is 13.0 Å². The summed E-state index contributed by atoms with van der Waals surface area (Å²) in [5.41, 5.74) is 0. The lowest BCUT2D eigenvalue weighted by molar-refractivity contribution is -0.137. The summed E-state index contributed by atoms with van der Waals surface area (Å²) in [6, 6.07) is 0. The fourth-order valence-electron chi connectivity index (χ4n) is 1.84. The summed E-state index contributed by atoms with van der Waals surface area (Å²) in [5, 5.41) is 17.4. The number of carboxylic acids is 1. The molecule has 0 heterocycles. The number of rotatable bonds is 11. The highest BCUT2D eigenvalue weighted by atomic mass is 16.4. The lowest BCUT2D eigenvalue weighted by Crippen LogP contribution is -2.03. The molecule has 1 atom stereocenters. The first-order valence-electron chi connectivity index (χ1n) is 6.53. The van der Waals surface area contributed by atoms with E-state index in [-0.39, 0.29) is 0 Å². The molecule has 0 amide bonds. The number of hydrogen-bond donors (Lipinski definition) is 2. The minimum atomic E-state index is -0.686. The van der Waals surface area contributed by atoms with Crippen LogP contribution in [0.2, 0.25) is 0 Å². The first-order valence-corrected chi connectivity index (χ1v) is 6.53. The molecule has 0 saturated heterocycles. The van der Waals surface area contributed by atoms with Crippen molar-refractivity contribution in [3.8, 4) is 0 Å². The Morgan fingerprint density at radius 1 is 1.06 bits per heavy atom. The van der Waals surface area contributed by atoms with E-state index in [9.17, 15) is 4.79 Å². The molecule has 16 heavy (non-hydrogen) atoms. The molecule has 0 aliphatic heterocycles. The molecule has 0 radical (unpaired) electrons. The Morgan fingerprint density at radius 2 is 1.62 bits per heavy atom. The van der Waals surface area contributed by atoms with Gasteiger partial charge in [0.05, 0.1) is 0 Å². The second-order valence-corrected chi connectivity index (χ2v) is 4.51. The monoisotopic (exact) mass is 230 g/mol. The number of aliphatic hydroxyl groups is 1.